The fourth-order valence-electron chi connectivity index (χ4n) is 3.07. The first-order chi connectivity index (χ1) is 15.2. The van der Waals surface area contributed by atoms with Gasteiger partial charge in [0.1, 0.15) is 0 Å². The molecule has 0 unspecified atom stereocenters. The Labute approximate surface area is 184 Å². The topological polar surface area (TPSA) is 179 Å². The molecule has 2 amide bonds. The molecule has 162 valence electrons. The third kappa shape index (κ3) is 5.11. The molecule has 3 rings (SSSR count). The van der Waals surface area contributed by atoms with Gasteiger partial charge in [-0.1, -0.05) is 18.2 Å². The lowest BCUT2D eigenvalue weighted by Gasteiger charge is -2.15. The molecule has 3 aromatic carbocycles. The van der Waals surface area contributed by atoms with E-state index in [2.05, 4.69) is 8.73 Å². The quantitative estimate of drug-likeness (QED) is 0.558. The summed E-state index contributed by atoms with van der Waals surface area (Å²) in [7, 11) is -5.35. The van der Waals surface area contributed by atoms with Crippen molar-refractivity contribution in [3.63, 3.8) is 0 Å². The highest BCUT2D eigenvalue weighted by Crippen LogP contribution is 2.37. The van der Waals surface area contributed by atoms with Crippen LogP contribution in [0.3, 0.4) is 0 Å². The third-order valence-corrected chi connectivity index (χ3v) is 5.12. The molecule has 4 N–H and O–H groups in total. The maximum absolute atomic E-state index is 12.0. The van der Waals surface area contributed by atoms with Gasteiger partial charge in [0.2, 0.25) is 11.8 Å². The largest absolute Gasteiger partial charge is 0.366 e. The van der Waals surface area contributed by atoms with Crippen LogP contribution < -0.4 is 11.5 Å². The zero-order valence-corrected chi connectivity index (χ0v) is 17.7. The SMILES string of the molecule is NC(=O)c1ccc(C(N)=O)c(-c2cc(N=S(=O)=O)ccc2-c2ccc(N=S(=O)=O)cc2)c1. The standard InChI is InChI=1S/C20H14N4O6S2/c21-19(25)12-3-7-16(20(22)26)17(9-12)18-10-14(24-32(29)30)6-8-15(18)11-1-4-13(5-2-11)23-31(27)28/h1-10H,(H2,21,25)(H2,22,26). The summed E-state index contributed by atoms with van der Waals surface area (Å²) >= 11 is 0. The molecular formula is C20H14N4O6S2. The molecule has 3 aromatic rings. The minimum atomic E-state index is -2.73. The molecule has 12 heteroatoms. The average molecular weight is 470 g/mol. The molecular weight excluding hydrogens is 456 g/mol. The van der Waals surface area contributed by atoms with E-state index >= 15 is 0 Å². The molecule has 0 fully saturated rings. The summed E-state index contributed by atoms with van der Waals surface area (Å²) in [6, 6.07) is 14.6. The minimum Gasteiger partial charge on any atom is -0.366 e. The van der Waals surface area contributed by atoms with E-state index in [1.54, 1.807) is 18.2 Å². The lowest BCUT2D eigenvalue weighted by Crippen LogP contribution is -2.15. The van der Waals surface area contributed by atoms with Gasteiger partial charge < -0.3 is 11.5 Å². The van der Waals surface area contributed by atoms with Crippen LogP contribution in [-0.2, 0) is 21.0 Å². The van der Waals surface area contributed by atoms with Crippen molar-refractivity contribution in [3.8, 4) is 22.3 Å². The van der Waals surface area contributed by atoms with Crippen molar-refractivity contribution in [2.75, 3.05) is 0 Å². The molecule has 0 heterocycles. The van der Waals surface area contributed by atoms with Crippen molar-refractivity contribution in [1.82, 2.24) is 0 Å². The average Bonchev–Trinajstić information content (AvgIpc) is 2.73. The Hall–Kier alpha value is -4.16. The predicted octanol–water partition coefficient (Wildman–Crippen LogP) is 2.61. The molecule has 0 atom stereocenters. The molecule has 0 saturated carbocycles. The fraction of sp³-hybridized carbons (Fsp3) is 0. The number of primary amides is 2. The molecule has 0 aliphatic rings. The van der Waals surface area contributed by atoms with Gasteiger partial charge in [-0.15, -0.1) is 8.73 Å². The van der Waals surface area contributed by atoms with E-state index in [0.717, 1.165) is 0 Å². The molecule has 0 aliphatic heterocycles. The second-order valence-electron chi connectivity index (χ2n) is 6.38. The van der Waals surface area contributed by atoms with Crippen LogP contribution >= 0.6 is 0 Å². The first-order valence-electron chi connectivity index (χ1n) is 8.76. The summed E-state index contributed by atoms with van der Waals surface area (Å²) in [4.78, 5) is 23.8. The van der Waals surface area contributed by atoms with E-state index in [1.807, 2.05) is 0 Å². The van der Waals surface area contributed by atoms with Crippen LogP contribution in [0.4, 0.5) is 11.4 Å². The monoisotopic (exact) mass is 470 g/mol. The highest BCUT2D eigenvalue weighted by molar-refractivity contribution is 7.62. The smallest absolute Gasteiger partial charge is 0.316 e. The number of nitrogens with two attached hydrogens (primary N) is 2. The maximum Gasteiger partial charge on any atom is 0.316 e. The van der Waals surface area contributed by atoms with Gasteiger partial charge >= 0.3 is 21.0 Å². The van der Waals surface area contributed by atoms with Gasteiger partial charge in [0, 0.05) is 11.1 Å². The molecule has 32 heavy (non-hydrogen) atoms. The fourth-order valence-corrected chi connectivity index (χ4v) is 3.65. The predicted molar refractivity (Wildman–Crippen MR) is 116 cm³/mol. The first-order valence-corrected chi connectivity index (χ1v) is 10.8. The zero-order chi connectivity index (χ0) is 23.4. The number of carbonyl (C=O) groups is 2. The highest BCUT2D eigenvalue weighted by Gasteiger charge is 2.17. The van der Waals surface area contributed by atoms with Gasteiger partial charge in [0.25, 0.3) is 0 Å². The zero-order valence-electron chi connectivity index (χ0n) is 16.1. The lowest BCUT2D eigenvalue weighted by atomic mass is 9.90. The summed E-state index contributed by atoms with van der Waals surface area (Å²) in [5.74, 6) is -1.51. The van der Waals surface area contributed by atoms with Crippen LogP contribution in [0.2, 0.25) is 0 Å². The molecule has 0 spiro atoms. The van der Waals surface area contributed by atoms with Crippen molar-refractivity contribution < 1.29 is 26.4 Å². The second kappa shape index (κ2) is 9.32. The third-order valence-electron chi connectivity index (χ3n) is 4.40. The molecule has 0 bridgehead atoms. The second-order valence-corrected chi connectivity index (χ2v) is 7.62. The van der Waals surface area contributed by atoms with E-state index in [-0.39, 0.29) is 28.1 Å². The van der Waals surface area contributed by atoms with Crippen LogP contribution in [0.15, 0.2) is 69.4 Å². The minimum absolute atomic E-state index is 0.0741. The van der Waals surface area contributed by atoms with Crippen molar-refractivity contribution in [1.29, 1.82) is 0 Å². The molecule has 0 saturated heterocycles. The molecule has 0 aromatic heterocycles. The number of carbonyl (C=O) groups excluding carboxylic acids is 2. The summed E-state index contributed by atoms with van der Waals surface area (Å²) in [6.07, 6.45) is 0. The van der Waals surface area contributed by atoms with Crippen LogP contribution in [0.1, 0.15) is 20.7 Å². The summed E-state index contributed by atoms with van der Waals surface area (Å²) < 4.78 is 50.5. The van der Waals surface area contributed by atoms with E-state index in [9.17, 15) is 26.4 Å². The van der Waals surface area contributed by atoms with Crippen LogP contribution in [0, 0.1) is 0 Å². The van der Waals surface area contributed by atoms with Crippen molar-refractivity contribution in [2.45, 2.75) is 0 Å². The van der Waals surface area contributed by atoms with Gasteiger partial charge in [-0.05, 0) is 64.7 Å². The lowest BCUT2D eigenvalue weighted by molar-refractivity contribution is 0.0989. The van der Waals surface area contributed by atoms with Crippen molar-refractivity contribution in [2.24, 2.45) is 20.2 Å². The van der Waals surface area contributed by atoms with Gasteiger partial charge in [-0.3, -0.25) is 9.59 Å². The number of rotatable bonds is 6. The molecule has 0 aliphatic carbocycles. The van der Waals surface area contributed by atoms with E-state index in [4.69, 9.17) is 11.5 Å². The summed E-state index contributed by atoms with van der Waals surface area (Å²) in [6.45, 7) is 0. The highest BCUT2D eigenvalue weighted by atomic mass is 32.2. The van der Waals surface area contributed by atoms with Gasteiger partial charge in [0.05, 0.1) is 11.4 Å². The Morgan fingerprint density at radius 3 is 1.78 bits per heavy atom. The normalized spacial score (nSPS) is 10.2. The Kier molecular flexibility index (Phi) is 6.56. The number of hydrogen-bond acceptors (Lipinski definition) is 8. The Morgan fingerprint density at radius 2 is 1.22 bits per heavy atom. The van der Waals surface area contributed by atoms with Gasteiger partial charge in [-0.2, -0.15) is 16.8 Å². The number of hydrogen-bond donors (Lipinski definition) is 2. The van der Waals surface area contributed by atoms with Crippen molar-refractivity contribution in [3.05, 3.63) is 71.8 Å². The van der Waals surface area contributed by atoms with Crippen molar-refractivity contribution >= 4 is 44.2 Å². The first kappa shape index (κ1) is 22.5. The van der Waals surface area contributed by atoms with E-state index < -0.39 is 32.8 Å². The van der Waals surface area contributed by atoms with Gasteiger partial charge in [-0.25, -0.2) is 0 Å². The molecule has 10 nitrogen and oxygen atoms in total. The Morgan fingerprint density at radius 1 is 0.625 bits per heavy atom. The van der Waals surface area contributed by atoms with Gasteiger partial charge in [0.15, 0.2) is 0 Å². The number of benzene rings is 3. The molecule has 0 radical (unpaired) electrons. The Balaban J connectivity index is 2.34. The number of nitrogens with zero attached hydrogens (tertiary/aromatic N) is 2. The van der Waals surface area contributed by atoms with Crippen LogP contribution in [0.5, 0.6) is 0 Å². The Bertz CT molecular complexity index is 1510. The number of amides is 2. The summed E-state index contributed by atoms with van der Waals surface area (Å²) in [5.41, 5.74) is 13.0. The van der Waals surface area contributed by atoms with E-state index in [0.29, 0.717) is 16.7 Å². The van der Waals surface area contributed by atoms with Crippen LogP contribution in [0.25, 0.3) is 22.3 Å². The summed E-state index contributed by atoms with van der Waals surface area (Å²) in [5, 5.41) is 0. The van der Waals surface area contributed by atoms with Crippen LogP contribution in [-0.4, -0.2) is 28.6 Å². The van der Waals surface area contributed by atoms with E-state index in [1.165, 1.54) is 42.5 Å². The maximum atomic E-state index is 12.0.